The van der Waals surface area contributed by atoms with Crippen molar-refractivity contribution < 1.29 is 9.47 Å². The number of anilines is 2. The molecular formula is C27H27ClIN5O2S. The van der Waals surface area contributed by atoms with Crippen LogP contribution in [-0.4, -0.2) is 32.7 Å². The van der Waals surface area contributed by atoms with Crippen molar-refractivity contribution in [3.05, 3.63) is 58.5 Å². The molecule has 0 radical (unpaired) electrons. The van der Waals surface area contributed by atoms with E-state index in [0.29, 0.717) is 39.9 Å². The fourth-order valence-corrected chi connectivity index (χ4v) is 5.56. The fraction of sp³-hybridized carbons (Fsp3) is 0.296. The number of benzene rings is 2. The van der Waals surface area contributed by atoms with Crippen LogP contribution in [0.5, 0.6) is 11.5 Å². The summed E-state index contributed by atoms with van der Waals surface area (Å²) < 4.78 is 14.7. The van der Waals surface area contributed by atoms with Gasteiger partial charge in [-0.1, -0.05) is 46.0 Å². The summed E-state index contributed by atoms with van der Waals surface area (Å²) in [6.45, 7) is 7.62. The lowest BCUT2D eigenvalue weighted by molar-refractivity contribution is 0.296. The zero-order valence-corrected chi connectivity index (χ0v) is 24.8. The lowest BCUT2D eigenvalue weighted by Gasteiger charge is -2.16. The number of aromatic nitrogens is 3. The number of imidazole rings is 1. The fourth-order valence-electron chi connectivity index (χ4n) is 3.91. The van der Waals surface area contributed by atoms with Gasteiger partial charge in [0.2, 0.25) is 0 Å². The van der Waals surface area contributed by atoms with Crippen molar-refractivity contribution in [2.75, 3.05) is 23.5 Å². The van der Waals surface area contributed by atoms with E-state index in [4.69, 9.17) is 26.1 Å². The molecule has 0 aliphatic rings. The minimum absolute atomic E-state index is 0.415. The van der Waals surface area contributed by atoms with Crippen LogP contribution in [0.4, 0.5) is 11.4 Å². The van der Waals surface area contributed by atoms with Crippen LogP contribution in [-0.2, 0) is 6.54 Å². The molecule has 4 aromatic rings. The highest BCUT2D eigenvalue weighted by atomic mass is 127. The highest BCUT2D eigenvalue weighted by Gasteiger charge is 2.16. The summed E-state index contributed by atoms with van der Waals surface area (Å²) in [4.78, 5) is 10.1. The maximum absolute atomic E-state index is 9.79. The quantitative estimate of drug-likeness (QED) is 0.107. The number of rotatable bonds is 10. The molecule has 7 nitrogen and oxygen atoms in total. The Morgan fingerprint density at radius 3 is 2.70 bits per heavy atom. The summed E-state index contributed by atoms with van der Waals surface area (Å²) >= 11 is 10.6. The molecule has 0 aliphatic carbocycles. The molecule has 4 rings (SSSR count). The van der Waals surface area contributed by atoms with E-state index in [9.17, 15) is 5.26 Å². The van der Waals surface area contributed by atoms with E-state index >= 15 is 0 Å². The summed E-state index contributed by atoms with van der Waals surface area (Å²) in [6.07, 6.45) is 2.50. The molecule has 1 N–H and O–H groups in total. The van der Waals surface area contributed by atoms with Gasteiger partial charge in [0.05, 0.1) is 41.2 Å². The molecule has 192 valence electrons. The van der Waals surface area contributed by atoms with Crippen LogP contribution in [0.25, 0.3) is 10.9 Å². The minimum Gasteiger partial charge on any atom is -0.493 e. The number of pyridine rings is 1. The Morgan fingerprint density at radius 2 is 2.03 bits per heavy atom. The molecule has 0 amide bonds. The number of nitriles is 1. The highest BCUT2D eigenvalue weighted by Crippen LogP contribution is 2.39. The molecular weight excluding hydrogens is 621 g/mol. The van der Waals surface area contributed by atoms with E-state index in [0.717, 1.165) is 49.9 Å². The molecule has 10 heteroatoms. The Morgan fingerprint density at radius 1 is 1.22 bits per heavy atom. The van der Waals surface area contributed by atoms with Gasteiger partial charge < -0.3 is 19.4 Å². The number of alkyl halides is 1. The molecule has 37 heavy (non-hydrogen) atoms. The first-order valence-corrected chi connectivity index (χ1v) is 14.5. The number of hydrogen-bond donors (Lipinski definition) is 1. The molecule has 2 heterocycles. The Bertz CT molecular complexity index is 1480. The second kappa shape index (κ2) is 12.2. The number of hydrogen-bond acceptors (Lipinski definition) is 7. The predicted octanol–water partition coefficient (Wildman–Crippen LogP) is 7.70. The van der Waals surface area contributed by atoms with Gasteiger partial charge in [-0.15, -0.1) is 0 Å². The lowest BCUT2D eigenvalue weighted by atomic mass is 10.1. The van der Waals surface area contributed by atoms with Crippen LogP contribution in [0.2, 0.25) is 5.02 Å². The number of methoxy groups -OCH3 is 1. The van der Waals surface area contributed by atoms with Crippen LogP contribution in [0.15, 0.2) is 46.6 Å². The predicted molar refractivity (Wildman–Crippen MR) is 158 cm³/mol. The third-order valence-electron chi connectivity index (χ3n) is 5.95. The first-order valence-electron chi connectivity index (χ1n) is 11.8. The van der Waals surface area contributed by atoms with Gasteiger partial charge in [0, 0.05) is 44.9 Å². The molecule has 0 bridgehead atoms. The van der Waals surface area contributed by atoms with Gasteiger partial charge in [-0.3, -0.25) is 4.98 Å². The van der Waals surface area contributed by atoms with E-state index < -0.39 is 0 Å². The third-order valence-corrected chi connectivity index (χ3v) is 8.21. The van der Waals surface area contributed by atoms with Crippen molar-refractivity contribution in [2.24, 2.45) is 0 Å². The van der Waals surface area contributed by atoms with E-state index in [2.05, 4.69) is 57.4 Å². The monoisotopic (exact) mass is 647 g/mol. The van der Waals surface area contributed by atoms with E-state index in [-0.39, 0.29) is 0 Å². The van der Waals surface area contributed by atoms with E-state index in [1.54, 1.807) is 13.3 Å². The average Bonchev–Trinajstić information content (AvgIpc) is 3.17. The zero-order chi connectivity index (χ0) is 26.5. The maximum Gasteiger partial charge on any atom is 0.173 e. The number of fused-ring (bicyclic) bond motifs is 1. The molecule has 2 aromatic carbocycles. The summed E-state index contributed by atoms with van der Waals surface area (Å²) in [5.41, 5.74) is 4.67. The number of ether oxygens (including phenoxy) is 2. The van der Waals surface area contributed by atoms with Crippen molar-refractivity contribution in [1.82, 2.24) is 14.5 Å². The Balaban J connectivity index is 1.67. The van der Waals surface area contributed by atoms with Crippen molar-refractivity contribution in [3.63, 3.8) is 0 Å². The van der Waals surface area contributed by atoms with Gasteiger partial charge in [-0.2, -0.15) is 5.26 Å². The summed E-state index contributed by atoms with van der Waals surface area (Å²) in [5, 5.41) is 15.4. The van der Waals surface area contributed by atoms with Crippen molar-refractivity contribution in [3.8, 4) is 17.6 Å². The first kappa shape index (κ1) is 27.4. The van der Waals surface area contributed by atoms with Gasteiger partial charge in [-0.25, -0.2) is 4.98 Å². The number of aryl methyl sites for hydroxylation is 1. The Labute approximate surface area is 239 Å². The summed E-state index contributed by atoms with van der Waals surface area (Å²) in [6, 6.07) is 11.7. The molecule has 0 fully saturated rings. The smallest absolute Gasteiger partial charge is 0.173 e. The molecule has 0 saturated carbocycles. The average molecular weight is 648 g/mol. The van der Waals surface area contributed by atoms with Crippen molar-refractivity contribution >= 4 is 68.2 Å². The number of nitrogens with one attached hydrogen (secondary N) is 1. The number of nitrogens with zero attached hydrogens (tertiary/aromatic N) is 4. The molecule has 2 aromatic heterocycles. The molecule has 0 spiro atoms. The molecule has 0 unspecified atom stereocenters. The van der Waals surface area contributed by atoms with Crippen LogP contribution in [0, 0.1) is 25.2 Å². The standard InChI is InChI=1S/C27H27ClIN5O2S/c1-5-34-17(3)16(2)32-27(34)37-25-8-7-19(11-21(25)28)33-26-18(14-30)15-31-22-13-24(36-10-6-9-29)23(35-4)12-20(22)26/h7-8,11-13,15H,5-6,9-10H2,1-4H3,(H,31,33). The molecule has 0 aliphatic heterocycles. The van der Waals surface area contributed by atoms with E-state index in [1.807, 2.05) is 37.3 Å². The Kier molecular flexibility index (Phi) is 9.05. The molecule has 0 atom stereocenters. The first-order chi connectivity index (χ1) is 17.9. The highest BCUT2D eigenvalue weighted by molar-refractivity contribution is 14.1. The normalized spacial score (nSPS) is 10.9. The van der Waals surface area contributed by atoms with Crippen molar-refractivity contribution in [2.45, 2.75) is 43.8 Å². The van der Waals surface area contributed by atoms with Crippen LogP contribution < -0.4 is 14.8 Å². The van der Waals surface area contributed by atoms with Crippen LogP contribution in [0.1, 0.15) is 30.3 Å². The molecule has 0 saturated heterocycles. The summed E-state index contributed by atoms with van der Waals surface area (Å²) in [7, 11) is 1.60. The van der Waals surface area contributed by atoms with Gasteiger partial charge >= 0.3 is 0 Å². The van der Waals surface area contributed by atoms with Gasteiger partial charge in [-0.05, 0) is 51.5 Å². The third kappa shape index (κ3) is 5.92. The van der Waals surface area contributed by atoms with E-state index in [1.165, 1.54) is 11.8 Å². The second-order valence-electron chi connectivity index (χ2n) is 8.25. The van der Waals surface area contributed by atoms with Crippen LogP contribution in [0.3, 0.4) is 0 Å². The zero-order valence-electron chi connectivity index (χ0n) is 21.1. The minimum atomic E-state index is 0.415. The van der Waals surface area contributed by atoms with Gasteiger partial charge in [0.15, 0.2) is 16.7 Å². The topological polar surface area (TPSA) is 85.0 Å². The van der Waals surface area contributed by atoms with Crippen molar-refractivity contribution in [1.29, 1.82) is 5.26 Å². The Hall–Kier alpha value is -2.68. The van der Waals surface area contributed by atoms with Crippen LogP contribution >= 0.6 is 46.0 Å². The largest absolute Gasteiger partial charge is 0.493 e. The lowest BCUT2D eigenvalue weighted by Crippen LogP contribution is -2.02. The summed E-state index contributed by atoms with van der Waals surface area (Å²) in [5.74, 6) is 1.21. The van der Waals surface area contributed by atoms with Gasteiger partial charge in [0.25, 0.3) is 0 Å². The van der Waals surface area contributed by atoms with Gasteiger partial charge in [0.1, 0.15) is 6.07 Å². The maximum atomic E-state index is 9.79. The number of halogens is 2. The SMILES string of the molecule is CCn1c(Sc2ccc(Nc3c(C#N)cnc4cc(OCCCI)c(OC)cc34)cc2Cl)nc(C)c1C. The second-order valence-corrected chi connectivity index (χ2v) is 10.7.